The summed E-state index contributed by atoms with van der Waals surface area (Å²) in [7, 11) is 1.74. The van der Waals surface area contributed by atoms with Crippen LogP contribution in [0.4, 0.5) is 0 Å². The van der Waals surface area contributed by atoms with Crippen molar-refractivity contribution in [2.45, 2.75) is 33.2 Å². The molecule has 0 radical (unpaired) electrons. The monoisotopic (exact) mass is 289 g/mol. The van der Waals surface area contributed by atoms with Crippen LogP contribution in [0.2, 0.25) is 0 Å². The molecule has 0 saturated carbocycles. The summed E-state index contributed by atoms with van der Waals surface area (Å²) in [6, 6.07) is 8.92. The highest BCUT2D eigenvalue weighted by atomic mass is 32.1. The van der Waals surface area contributed by atoms with E-state index in [0.717, 1.165) is 18.7 Å². The molecule has 1 unspecified atom stereocenters. The fraction of sp³-hybridized carbons (Fsp3) is 0.412. The Bertz CT molecular complexity index is 562. The maximum atomic E-state index is 5.50. The first-order chi connectivity index (χ1) is 9.67. The van der Waals surface area contributed by atoms with Gasteiger partial charge in [0, 0.05) is 0 Å². The highest BCUT2D eigenvalue weighted by molar-refractivity contribution is 7.10. The molecule has 0 fully saturated rings. The lowest BCUT2D eigenvalue weighted by atomic mass is 9.97. The Morgan fingerprint density at radius 3 is 2.70 bits per heavy atom. The maximum Gasteiger partial charge on any atom is 0.134 e. The Balaban J connectivity index is 2.41. The third-order valence-electron chi connectivity index (χ3n) is 3.47. The number of rotatable bonds is 6. The zero-order chi connectivity index (χ0) is 14.5. The number of benzene rings is 1. The van der Waals surface area contributed by atoms with Crippen LogP contribution in [0.25, 0.3) is 0 Å². The Hall–Kier alpha value is -1.32. The summed E-state index contributed by atoms with van der Waals surface area (Å²) in [4.78, 5) is 1.26. The van der Waals surface area contributed by atoms with E-state index in [4.69, 9.17) is 4.74 Å². The van der Waals surface area contributed by atoms with E-state index in [1.807, 2.05) is 6.07 Å². The van der Waals surface area contributed by atoms with E-state index in [-0.39, 0.29) is 6.04 Å². The fourth-order valence-corrected chi connectivity index (χ4v) is 3.42. The lowest BCUT2D eigenvalue weighted by Gasteiger charge is -2.21. The molecule has 0 spiro atoms. The molecule has 3 heteroatoms. The quantitative estimate of drug-likeness (QED) is 0.847. The summed E-state index contributed by atoms with van der Waals surface area (Å²) in [6.45, 7) is 7.51. The molecule has 0 aliphatic heterocycles. The average Bonchev–Trinajstić information content (AvgIpc) is 2.89. The number of hydrogen-bond acceptors (Lipinski definition) is 3. The van der Waals surface area contributed by atoms with Gasteiger partial charge in [0.25, 0.3) is 0 Å². The summed E-state index contributed by atoms with van der Waals surface area (Å²) >= 11 is 1.75. The zero-order valence-electron chi connectivity index (χ0n) is 12.7. The first-order valence-electron chi connectivity index (χ1n) is 7.09. The van der Waals surface area contributed by atoms with Crippen LogP contribution < -0.4 is 10.1 Å². The van der Waals surface area contributed by atoms with Gasteiger partial charge in [-0.05, 0) is 49.4 Å². The number of thiophene rings is 1. The molecule has 1 N–H and O–H groups in total. The summed E-state index contributed by atoms with van der Waals surface area (Å²) in [5, 5.41) is 5.75. The fourth-order valence-electron chi connectivity index (χ4n) is 2.47. The molecule has 0 aliphatic rings. The van der Waals surface area contributed by atoms with Crippen molar-refractivity contribution in [3.63, 3.8) is 0 Å². The van der Waals surface area contributed by atoms with E-state index in [1.54, 1.807) is 18.4 Å². The van der Waals surface area contributed by atoms with Crippen molar-refractivity contribution in [3.05, 3.63) is 51.2 Å². The lowest BCUT2D eigenvalue weighted by molar-refractivity contribution is 0.407. The molecule has 108 valence electrons. The second-order valence-electron chi connectivity index (χ2n) is 5.10. The van der Waals surface area contributed by atoms with E-state index >= 15 is 0 Å². The van der Waals surface area contributed by atoms with Crippen LogP contribution in [0.5, 0.6) is 5.75 Å². The van der Waals surface area contributed by atoms with Gasteiger partial charge >= 0.3 is 0 Å². The molecule has 2 aromatic rings. The lowest BCUT2D eigenvalue weighted by Crippen LogP contribution is -2.23. The number of nitrogens with one attached hydrogen (secondary N) is 1. The number of ether oxygens (including phenoxy) is 1. The van der Waals surface area contributed by atoms with E-state index < -0.39 is 0 Å². The van der Waals surface area contributed by atoms with Crippen molar-refractivity contribution in [2.24, 2.45) is 0 Å². The van der Waals surface area contributed by atoms with E-state index in [9.17, 15) is 0 Å². The normalized spacial score (nSPS) is 12.4. The van der Waals surface area contributed by atoms with Gasteiger partial charge < -0.3 is 10.1 Å². The minimum atomic E-state index is 0.213. The Morgan fingerprint density at radius 1 is 1.25 bits per heavy atom. The minimum Gasteiger partial charge on any atom is -0.496 e. The van der Waals surface area contributed by atoms with Crippen molar-refractivity contribution >= 4 is 11.3 Å². The van der Waals surface area contributed by atoms with Crippen LogP contribution >= 0.6 is 11.3 Å². The second-order valence-corrected chi connectivity index (χ2v) is 6.05. The molecule has 20 heavy (non-hydrogen) atoms. The smallest absolute Gasteiger partial charge is 0.134 e. The third-order valence-corrected chi connectivity index (χ3v) is 4.44. The molecular formula is C17H23NOS. The Morgan fingerprint density at radius 2 is 2.05 bits per heavy atom. The van der Waals surface area contributed by atoms with Gasteiger partial charge in [0.2, 0.25) is 0 Å². The molecule has 1 atom stereocenters. The third kappa shape index (κ3) is 3.22. The second kappa shape index (κ2) is 6.91. The molecule has 1 aromatic carbocycles. The van der Waals surface area contributed by atoms with Crippen LogP contribution in [0.3, 0.4) is 0 Å². The first-order valence-corrected chi connectivity index (χ1v) is 7.97. The number of aryl methyl sites for hydroxylation is 2. The first kappa shape index (κ1) is 15.1. The zero-order valence-corrected chi connectivity index (χ0v) is 13.5. The molecule has 0 saturated heterocycles. The van der Waals surface area contributed by atoms with Crippen molar-refractivity contribution in [3.8, 4) is 5.75 Å². The molecule has 0 bridgehead atoms. The molecule has 2 rings (SSSR count). The van der Waals surface area contributed by atoms with Crippen LogP contribution in [-0.2, 0) is 0 Å². The van der Waals surface area contributed by atoms with Crippen LogP contribution in [-0.4, -0.2) is 13.7 Å². The Kier molecular flexibility index (Phi) is 5.21. The summed E-state index contributed by atoms with van der Waals surface area (Å²) in [5.74, 6) is 0.976. The minimum absolute atomic E-state index is 0.213. The van der Waals surface area contributed by atoms with Crippen LogP contribution in [0.15, 0.2) is 29.6 Å². The van der Waals surface area contributed by atoms with Gasteiger partial charge in [0.1, 0.15) is 5.75 Å². The topological polar surface area (TPSA) is 21.3 Å². The molecule has 1 aromatic heterocycles. The summed E-state index contributed by atoms with van der Waals surface area (Å²) in [5.41, 5.74) is 3.97. The molecule has 2 nitrogen and oxygen atoms in total. The van der Waals surface area contributed by atoms with Gasteiger partial charge in [0.05, 0.1) is 18.0 Å². The van der Waals surface area contributed by atoms with Gasteiger partial charge in [-0.3, -0.25) is 0 Å². The summed E-state index contributed by atoms with van der Waals surface area (Å²) in [6.07, 6.45) is 1.12. The van der Waals surface area contributed by atoms with Gasteiger partial charge in [0.15, 0.2) is 0 Å². The predicted molar refractivity (Wildman–Crippen MR) is 86.9 cm³/mol. The highest BCUT2D eigenvalue weighted by Gasteiger charge is 2.20. The average molecular weight is 289 g/mol. The molecule has 0 aliphatic carbocycles. The Labute approximate surface area is 125 Å². The number of hydrogen-bond donors (Lipinski definition) is 1. The van der Waals surface area contributed by atoms with Crippen LogP contribution in [0.1, 0.15) is 41.0 Å². The molecule has 1 heterocycles. The van der Waals surface area contributed by atoms with Gasteiger partial charge in [-0.15, -0.1) is 11.3 Å². The predicted octanol–water partition coefficient (Wildman–Crippen LogP) is 4.46. The highest BCUT2D eigenvalue weighted by Crippen LogP contribution is 2.36. The van der Waals surface area contributed by atoms with Crippen molar-refractivity contribution < 1.29 is 4.74 Å². The van der Waals surface area contributed by atoms with Gasteiger partial charge in [-0.1, -0.05) is 30.7 Å². The maximum absolute atomic E-state index is 5.50. The van der Waals surface area contributed by atoms with Crippen LogP contribution in [0, 0.1) is 13.8 Å². The molecular weight excluding hydrogens is 266 g/mol. The van der Waals surface area contributed by atoms with E-state index in [0.29, 0.717) is 0 Å². The van der Waals surface area contributed by atoms with E-state index in [1.165, 1.54) is 21.6 Å². The van der Waals surface area contributed by atoms with Gasteiger partial charge in [-0.25, -0.2) is 0 Å². The largest absolute Gasteiger partial charge is 0.496 e. The van der Waals surface area contributed by atoms with Crippen molar-refractivity contribution in [1.82, 2.24) is 5.32 Å². The molecule has 0 amide bonds. The summed E-state index contributed by atoms with van der Waals surface area (Å²) < 4.78 is 5.50. The van der Waals surface area contributed by atoms with Gasteiger partial charge in [-0.2, -0.15) is 0 Å². The SMILES string of the molecule is CCCNC(c1ccc(C)cc1C)c1sccc1OC. The van der Waals surface area contributed by atoms with Crippen molar-refractivity contribution in [1.29, 1.82) is 0 Å². The van der Waals surface area contributed by atoms with E-state index in [2.05, 4.69) is 49.7 Å². The standard InChI is InChI=1S/C17H23NOS/c1-5-9-18-16(17-15(19-4)8-10-20-17)14-7-6-12(2)11-13(14)3/h6-8,10-11,16,18H,5,9H2,1-4H3. The van der Waals surface area contributed by atoms with Crippen molar-refractivity contribution in [2.75, 3.05) is 13.7 Å². The number of methoxy groups -OCH3 is 1.